The van der Waals surface area contributed by atoms with Crippen LogP contribution in [0.3, 0.4) is 0 Å². The van der Waals surface area contributed by atoms with Crippen LogP contribution in [0, 0.1) is 6.92 Å². The standard InChI is InChI=1S/C19H25ClN4O2/c1-13-10-16(18(26-4)12-15(13)20)23-14-6-8-21-17(11-14)19(25)22-7-5-9-24(2)3/h6,8,10-12H,5,7,9H2,1-4H3,(H,21,23)(H,22,25). The summed E-state index contributed by atoms with van der Waals surface area (Å²) in [5, 5.41) is 6.78. The largest absolute Gasteiger partial charge is 0.495 e. The highest BCUT2D eigenvalue weighted by Gasteiger charge is 2.10. The normalized spacial score (nSPS) is 10.7. The number of pyridine rings is 1. The lowest BCUT2D eigenvalue weighted by Crippen LogP contribution is -2.27. The zero-order valence-electron chi connectivity index (χ0n) is 15.6. The Hall–Kier alpha value is -2.31. The Balaban J connectivity index is 2.07. The molecule has 0 saturated carbocycles. The molecular formula is C19H25ClN4O2. The third kappa shape index (κ3) is 5.61. The van der Waals surface area contributed by atoms with Crippen molar-refractivity contribution in [1.82, 2.24) is 15.2 Å². The number of aromatic nitrogens is 1. The molecule has 0 bridgehead atoms. The summed E-state index contributed by atoms with van der Waals surface area (Å²) in [7, 11) is 5.60. The first-order chi connectivity index (χ1) is 12.4. The van der Waals surface area contributed by atoms with Gasteiger partial charge in [0.15, 0.2) is 0 Å². The second kappa shape index (κ2) is 9.40. The zero-order chi connectivity index (χ0) is 19.1. The van der Waals surface area contributed by atoms with Crippen LogP contribution < -0.4 is 15.4 Å². The molecule has 0 radical (unpaired) electrons. The summed E-state index contributed by atoms with van der Waals surface area (Å²) in [6, 6.07) is 7.18. The Morgan fingerprint density at radius 2 is 2.08 bits per heavy atom. The Morgan fingerprint density at radius 3 is 2.77 bits per heavy atom. The summed E-state index contributed by atoms with van der Waals surface area (Å²) in [6.45, 7) is 3.46. The van der Waals surface area contributed by atoms with E-state index in [4.69, 9.17) is 16.3 Å². The number of nitrogens with zero attached hydrogens (tertiary/aromatic N) is 2. The van der Waals surface area contributed by atoms with E-state index in [0.717, 1.165) is 29.9 Å². The highest BCUT2D eigenvalue weighted by Crippen LogP contribution is 2.33. The summed E-state index contributed by atoms with van der Waals surface area (Å²) < 4.78 is 5.37. The van der Waals surface area contributed by atoms with Crippen molar-refractivity contribution in [3.8, 4) is 5.75 Å². The Kier molecular flexibility index (Phi) is 7.24. The van der Waals surface area contributed by atoms with Crippen LogP contribution in [0.25, 0.3) is 0 Å². The Morgan fingerprint density at radius 1 is 1.31 bits per heavy atom. The molecule has 0 saturated heterocycles. The number of benzene rings is 1. The molecule has 140 valence electrons. The predicted molar refractivity (Wildman–Crippen MR) is 106 cm³/mol. The molecule has 2 aromatic rings. The van der Waals surface area contributed by atoms with Crippen LogP contribution in [-0.2, 0) is 0 Å². The lowest BCUT2D eigenvalue weighted by Gasteiger charge is -2.14. The van der Waals surface area contributed by atoms with Gasteiger partial charge in [-0.3, -0.25) is 9.78 Å². The van der Waals surface area contributed by atoms with E-state index in [0.29, 0.717) is 23.0 Å². The van der Waals surface area contributed by atoms with Gasteiger partial charge >= 0.3 is 0 Å². The van der Waals surface area contributed by atoms with Crippen molar-refractivity contribution in [2.45, 2.75) is 13.3 Å². The summed E-state index contributed by atoms with van der Waals surface area (Å²) in [5.41, 5.74) is 2.82. The topological polar surface area (TPSA) is 66.5 Å². The molecule has 0 aliphatic carbocycles. The van der Waals surface area contributed by atoms with Gasteiger partial charge in [0.2, 0.25) is 0 Å². The van der Waals surface area contributed by atoms with Crippen molar-refractivity contribution in [3.63, 3.8) is 0 Å². The number of carbonyl (C=O) groups excluding carboxylic acids is 1. The van der Waals surface area contributed by atoms with Crippen molar-refractivity contribution >= 4 is 28.9 Å². The molecule has 6 nitrogen and oxygen atoms in total. The number of carbonyl (C=O) groups is 1. The fraction of sp³-hybridized carbons (Fsp3) is 0.368. The first-order valence-corrected chi connectivity index (χ1v) is 8.78. The van der Waals surface area contributed by atoms with Crippen molar-refractivity contribution in [1.29, 1.82) is 0 Å². The van der Waals surface area contributed by atoms with Crippen molar-refractivity contribution in [3.05, 3.63) is 46.7 Å². The fourth-order valence-electron chi connectivity index (χ4n) is 2.41. The molecule has 7 heteroatoms. The molecule has 1 heterocycles. The molecule has 2 rings (SSSR count). The molecule has 1 aromatic heterocycles. The summed E-state index contributed by atoms with van der Waals surface area (Å²) in [5.74, 6) is 0.443. The first kappa shape index (κ1) is 20.0. The Labute approximate surface area is 159 Å². The number of amides is 1. The van der Waals surface area contributed by atoms with Crippen LogP contribution in [0.2, 0.25) is 5.02 Å². The lowest BCUT2D eigenvalue weighted by atomic mass is 10.2. The third-order valence-corrected chi connectivity index (χ3v) is 4.23. The van der Waals surface area contributed by atoms with E-state index < -0.39 is 0 Å². The molecule has 26 heavy (non-hydrogen) atoms. The van der Waals surface area contributed by atoms with Gasteiger partial charge in [0.25, 0.3) is 5.91 Å². The van der Waals surface area contributed by atoms with Gasteiger partial charge < -0.3 is 20.3 Å². The summed E-state index contributed by atoms with van der Waals surface area (Å²) in [6.07, 6.45) is 2.49. The van der Waals surface area contributed by atoms with Gasteiger partial charge in [0, 0.05) is 29.5 Å². The lowest BCUT2D eigenvalue weighted by molar-refractivity contribution is 0.0947. The number of ether oxygens (including phenoxy) is 1. The number of hydrogen-bond donors (Lipinski definition) is 2. The van der Waals surface area contributed by atoms with Crippen LogP contribution >= 0.6 is 11.6 Å². The molecule has 0 aliphatic rings. The van der Waals surface area contributed by atoms with Crippen LogP contribution in [0.4, 0.5) is 11.4 Å². The summed E-state index contributed by atoms with van der Waals surface area (Å²) >= 11 is 6.14. The smallest absolute Gasteiger partial charge is 0.269 e. The van der Waals surface area contributed by atoms with Gasteiger partial charge in [0.05, 0.1) is 12.8 Å². The molecule has 0 aliphatic heterocycles. The van der Waals surface area contributed by atoms with Gasteiger partial charge in [-0.15, -0.1) is 0 Å². The maximum absolute atomic E-state index is 12.3. The van der Waals surface area contributed by atoms with Gasteiger partial charge in [-0.25, -0.2) is 0 Å². The van der Waals surface area contributed by atoms with Gasteiger partial charge in [-0.05, 0) is 57.7 Å². The van der Waals surface area contributed by atoms with Crippen molar-refractivity contribution < 1.29 is 9.53 Å². The maximum atomic E-state index is 12.3. The van der Waals surface area contributed by atoms with E-state index in [1.54, 1.807) is 31.5 Å². The molecule has 2 N–H and O–H groups in total. The zero-order valence-corrected chi connectivity index (χ0v) is 16.4. The van der Waals surface area contributed by atoms with E-state index in [-0.39, 0.29) is 5.91 Å². The van der Waals surface area contributed by atoms with E-state index in [1.807, 2.05) is 27.1 Å². The number of hydrogen-bond acceptors (Lipinski definition) is 5. The third-order valence-electron chi connectivity index (χ3n) is 3.82. The van der Waals surface area contributed by atoms with E-state index in [9.17, 15) is 4.79 Å². The van der Waals surface area contributed by atoms with Crippen LogP contribution in [0.15, 0.2) is 30.5 Å². The van der Waals surface area contributed by atoms with Gasteiger partial charge in [0.1, 0.15) is 11.4 Å². The average Bonchev–Trinajstić information content (AvgIpc) is 2.61. The number of methoxy groups -OCH3 is 1. The van der Waals surface area contributed by atoms with E-state index >= 15 is 0 Å². The number of nitrogens with one attached hydrogen (secondary N) is 2. The minimum absolute atomic E-state index is 0.188. The monoisotopic (exact) mass is 376 g/mol. The molecule has 0 atom stereocenters. The second-order valence-electron chi connectivity index (χ2n) is 6.27. The van der Waals surface area contributed by atoms with E-state index in [2.05, 4.69) is 20.5 Å². The molecule has 0 fully saturated rings. The van der Waals surface area contributed by atoms with Crippen LogP contribution in [0.1, 0.15) is 22.5 Å². The van der Waals surface area contributed by atoms with Gasteiger partial charge in [-0.2, -0.15) is 0 Å². The number of rotatable bonds is 8. The second-order valence-corrected chi connectivity index (χ2v) is 6.68. The fourth-order valence-corrected chi connectivity index (χ4v) is 2.56. The van der Waals surface area contributed by atoms with Gasteiger partial charge in [-0.1, -0.05) is 11.6 Å². The average molecular weight is 377 g/mol. The minimum Gasteiger partial charge on any atom is -0.495 e. The SMILES string of the molecule is COc1cc(Cl)c(C)cc1Nc1ccnc(C(=O)NCCCN(C)C)c1. The van der Waals surface area contributed by atoms with Crippen LogP contribution in [0.5, 0.6) is 5.75 Å². The number of halogens is 1. The Bertz CT molecular complexity index is 765. The summed E-state index contributed by atoms with van der Waals surface area (Å²) in [4.78, 5) is 18.5. The number of aryl methyl sites for hydroxylation is 1. The van der Waals surface area contributed by atoms with Crippen molar-refractivity contribution in [2.24, 2.45) is 0 Å². The molecular weight excluding hydrogens is 352 g/mol. The molecule has 1 aromatic carbocycles. The number of anilines is 2. The van der Waals surface area contributed by atoms with E-state index in [1.165, 1.54) is 0 Å². The highest BCUT2D eigenvalue weighted by atomic mass is 35.5. The van der Waals surface area contributed by atoms with Crippen molar-refractivity contribution in [2.75, 3.05) is 39.6 Å². The molecule has 0 spiro atoms. The minimum atomic E-state index is -0.188. The quantitative estimate of drug-likeness (QED) is 0.690. The van der Waals surface area contributed by atoms with Crippen LogP contribution in [-0.4, -0.2) is 50.1 Å². The highest BCUT2D eigenvalue weighted by molar-refractivity contribution is 6.31. The predicted octanol–water partition coefficient (Wildman–Crippen LogP) is 3.48. The molecule has 1 amide bonds. The maximum Gasteiger partial charge on any atom is 0.269 e. The first-order valence-electron chi connectivity index (χ1n) is 8.41. The molecule has 0 unspecified atom stereocenters.